The number of nitro groups is 1. The molecule has 0 atom stereocenters. The van der Waals surface area contributed by atoms with Crippen LogP contribution in [-0.2, 0) is 5.75 Å². The molecule has 0 radical (unpaired) electrons. The first kappa shape index (κ1) is 18.8. The second-order valence-corrected chi connectivity index (χ2v) is 8.32. The van der Waals surface area contributed by atoms with Gasteiger partial charge in [0.2, 0.25) is 0 Å². The fourth-order valence-electron chi connectivity index (χ4n) is 2.31. The number of aryl methyl sites for hydroxylation is 1. The van der Waals surface area contributed by atoms with Crippen molar-refractivity contribution in [3.8, 4) is 0 Å². The first-order valence-electron chi connectivity index (χ1n) is 7.91. The van der Waals surface area contributed by atoms with Crippen LogP contribution in [0.4, 0.5) is 5.69 Å². The van der Waals surface area contributed by atoms with E-state index in [0.717, 1.165) is 15.4 Å². The van der Waals surface area contributed by atoms with Crippen LogP contribution in [-0.4, -0.2) is 4.92 Å². The molecule has 0 unspecified atom stereocenters. The monoisotopic (exact) mass is 401 g/mol. The zero-order valence-electron chi connectivity index (χ0n) is 14.0. The quantitative estimate of drug-likeness (QED) is 0.253. The van der Waals surface area contributed by atoms with E-state index in [1.165, 1.54) is 17.3 Å². The van der Waals surface area contributed by atoms with E-state index in [2.05, 4.69) is 0 Å². The predicted molar refractivity (Wildman–Crippen MR) is 109 cm³/mol. The summed E-state index contributed by atoms with van der Waals surface area (Å²) in [5.74, 6) is 0.665. The number of nitro benzene ring substituents is 1. The summed E-state index contributed by atoms with van der Waals surface area (Å²) in [5, 5.41) is 12.2. The Hall–Kier alpha value is -1.95. The molecule has 0 aliphatic heterocycles. The molecule has 0 aliphatic carbocycles. The Kier molecular flexibility index (Phi) is 6.25. The molecule has 3 aromatic rings. The van der Waals surface area contributed by atoms with Crippen LogP contribution in [0, 0.1) is 17.0 Å². The molecule has 3 rings (SSSR count). The molecule has 0 amide bonds. The highest BCUT2D eigenvalue weighted by Gasteiger charge is 2.16. The number of thioether (sulfide) groups is 1. The van der Waals surface area contributed by atoms with E-state index in [0.29, 0.717) is 15.7 Å². The maximum atomic E-state index is 11.5. The molecule has 132 valence electrons. The van der Waals surface area contributed by atoms with Gasteiger partial charge >= 0.3 is 0 Å². The van der Waals surface area contributed by atoms with Gasteiger partial charge in [-0.15, -0.1) is 11.8 Å². The van der Waals surface area contributed by atoms with E-state index in [9.17, 15) is 10.1 Å². The SMILES string of the molecule is Cc1ccc(Sc2ccc(CSc3ccc(Cl)cc3)cc2[N+](=O)[O-])cc1. The van der Waals surface area contributed by atoms with Gasteiger partial charge in [-0.05, 0) is 55.0 Å². The summed E-state index contributed by atoms with van der Waals surface area (Å²) >= 11 is 8.93. The predicted octanol–water partition coefficient (Wildman–Crippen LogP) is 7.00. The highest BCUT2D eigenvalue weighted by molar-refractivity contribution is 7.99. The summed E-state index contributed by atoms with van der Waals surface area (Å²) in [6, 6.07) is 21.0. The second kappa shape index (κ2) is 8.62. The molecule has 0 N–H and O–H groups in total. The molecule has 3 aromatic carbocycles. The molecular formula is C20H16ClNO2S2. The Morgan fingerprint density at radius 2 is 1.62 bits per heavy atom. The minimum atomic E-state index is -0.313. The van der Waals surface area contributed by atoms with Crippen molar-refractivity contribution in [2.75, 3.05) is 0 Å². The number of nitrogens with zero attached hydrogens (tertiary/aromatic N) is 1. The molecule has 26 heavy (non-hydrogen) atoms. The third-order valence-corrected chi connectivity index (χ3v) is 6.10. The van der Waals surface area contributed by atoms with Crippen molar-refractivity contribution in [3.05, 3.63) is 93.0 Å². The molecule has 0 heterocycles. The van der Waals surface area contributed by atoms with Gasteiger partial charge in [0.15, 0.2) is 0 Å². The smallest absolute Gasteiger partial charge is 0.258 e. The van der Waals surface area contributed by atoms with Gasteiger partial charge in [-0.1, -0.05) is 47.1 Å². The molecule has 6 heteroatoms. The van der Waals surface area contributed by atoms with Crippen molar-refractivity contribution in [3.63, 3.8) is 0 Å². The first-order chi connectivity index (χ1) is 12.5. The lowest BCUT2D eigenvalue weighted by molar-refractivity contribution is -0.387. The van der Waals surface area contributed by atoms with Gasteiger partial charge in [0.1, 0.15) is 0 Å². The second-order valence-electron chi connectivity index (χ2n) is 5.72. The largest absolute Gasteiger partial charge is 0.283 e. The van der Waals surface area contributed by atoms with Gasteiger partial charge < -0.3 is 0 Å². The summed E-state index contributed by atoms with van der Waals surface area (Å²) in [6.07, 6.45) is 0. The van der Waals surface area contributed by atoms with Crippen LogP contribution < -0.4 is 0 Å². The maximum Gasteiger partial charge on any atom is 0.283 e. The van der Waals surface area contributed by atoms with Crippen LogP contribution in [0.2, 0.25) is 5.02 Å². The molecule has 0 saturated heterocycles. The fourth-order valence-corrected chi connectivity index (χ4v) is 4.18. The Bertz CT molecular complexity index is 912. The van der Waals surface area contributed by atoms with Crippen LogP contribution in [0.3, 0.4) is 0 Å². The molecule has 0 aromatic heterocycles. The lowest BCUT2D eigenvalue weighted by atomic mass is 10.2. The zero-order chi connectivity index (χ0) is 18.5. The van der Waals surface area contributed by atoms with Gasteiger partial charge in [-0.3, -0.25) is 10.1 Å². The standard InChI is InChI=1S/C20H16ClNO2S2/c1-14-2-7-18(8-3-14)26-20-11-4-15(12-19(20)22(23)24)13-25-17-9-5-16(21)6-10-17/h2-12H,13H2,1H3. The van der Waals surface area contributed by atoms with Crippen molar-refractivity contribution >= 4 is 40.8 Å². The first-order valence-corrected chi connectivity index (χ1v) is 10.1. The lowest BCUT2D eigenvalue weighted by Gasteiger charge is -2.07. The molecule has 0 spiro atoms. The van der Waals surface area contributed by atoms with E-state index >= 15 is 0 Å². The minimum Gasteiger partial charge on any atom is -0.258 e. The lowest BCUT2D eigenvalue weighted by Crippen LogP contribution is -1.93. The topological polar surface area (TPSA) is 43.1 Å². The summed E-state index contributed by atoms with van der Waals surface area (Å²) in [5.41, 5.74) is 2.23. The van der Waals surface area contributed by atoms with Crippen molar-refractivity contribution in [1.29, 1.82) is 0 Å². The van der Waals surface area contributed by atoms with Crippen LogP contribution >= 0.6 is 35.1 Å². The summed E-state index contributed by atoms with van der Waals surface area (Å²) < 4.78 is 0. The van der Waals surface area contributed by atoms with Gasteiger partial charge in [0.25, 0.3) is 5.69 Å². The number of hydrogen-bond donors (Lipinski definition) is 0. The van der Waals surface area contributed by atoms with Gasteiger partial charge in [0, 0.05) is 26.6 Å². The Morgan fingerprint density at radius 3 is 2.27 bits per heavy atom. The fraction of sp³-hybridized carbons (Fsp3) is 0.100. The van der Waals surface area contributed by atoms with Crippen molar-refractivity contribution in [1.82, 2.24) is 0 Å². The molecule has 0 saturated carbocycles. The highest BCUT2D eigenvalue weighted by atomic mass is 35.5. The number of rotatable bonds is 6. The average molecular weight is 402 g/mol. The van der Waals surface area contributed by atoms with E-state index in [1.54, 1.807) is 17.8 Å². The van der Waals surface area contributed by atoms with Crippen LogP contribution in [0.15, 0.2) is 81.4 Å². The van der Waals surface area contributed by atoms with Gasteiger partial charge in [-0.25, -0.2) is 0 Å². The van der Waals surface area contributed by atoms with Gasteiger partial charge in [0.05, 0.1) is 9.82 Å². The number of benzene rings is 3. The van der Waals surface area contributed by atoms with Crippen LogP contribution in [0.25, 0.3) is 0 Å². The van der Waals surface area contributed by atoms with E-state index < -0.39 is 0 Å². The van der Waals surface area contributed by atoms with E-state index in [-0.39, 0.29) is 10.6 Å². The molecule has 0 bridgehead atoms. The molecule has 3 nitrogen and oxygen atoms in total. The third kappa shape index (κ3) is 5.04. The minimum absolute atomic E-state index is 0.143. The maximum absolute atomic E-state index is 11.5. The van der Waals surface area contributed by atoms with Crippen molar-refractivity contribution in [2.45, 2.75) is 27.4 Å². The number of halogens is 1. The average Bonchev–Trinajstić information content (AvgIpc) is 2.64. The zero-order valence-corrected chi connectivity index (χ0v) is 16.4. The van der Waals surface area contributed by atoms with Gasteiger partial charge in [-0.2, -0.15) is 0 Å². The molecular weight excluding hydrogens is 386 g/mol. The van der Waals surface area contributed by atoms with E-state index in [4.69, 9.17) is 11.6 Å². The number of hydrogen-bond acceptors (Lipinski definition) is 4. The highest BCUT2D eigenvalue weighted by Crippen LogP contribution is 2.36. The van der Waals surface area contributed by atoms with Crippen molar-refractivity contribution in [2.24, 2.45) is 0 Å². The Balaban J connectivity index is 1.76. The van der Waals surface area contributed by atoms with Crippen LogP contribution in [0.5, 0.6) is 0 Å². The Labute approximate surface area is 165 Å². The van der Waals surface area contributed by atoms with E-state index in [1.807, 2.05) is 67.6 Å². The Morgan fingerprint density at radius 1 is 0.962 bits per heavy atom. The normalized spacial score (nSPS) is 10.7. The summed E-state index contributed by atoms with van der Waals surface area (Å²) in [6.45, 7) is 2.02. The van der Waals surface area contributed by atoms with Crippen LogP contribution in [0.1, 0.15) is 11.1 Å². The molecule has 0 aliphatic rings. The van der Waals surface area contributed by atoms with Crippen molar-refractivity contribution < 1.29 is 4.92 Å². The molecule has 0 fully saturated rings. The summed E-state index contributed by atoms with van der Waals surface area (Å²) in [7, 11) is 0. The third-order valence-electron chi connectivity index (χ3n) is 3.69. The summed E-state index contributed by atoms with van der Waals surface area (Å²) in [4.78, 5) is 13.9.